The van der Waals surface area contributed by atoms with Gasteiger partial charge in [-0.15, -0.1) is 11.6 Å². The summed E-state index contributed by atoms with van der Waals surface area (Å²) in [4.78, 5) is 2.22. The SMILES string of the molecule is COc1ccc(CN(C)CC2CC(Cl)C2)cc1F. The van der Waals surface area contributed by atoms with Crippen molar-refractivity contribution in [2.45, 2.75) is 24.8 Å². The van der Waals surface area contributed by atoms with Crippen LogP contribution in [0, 0.1) is 11.7 Å². The molecule has 18 heavy (non-hydrogen) atoms. The summed E-state index contributed by atoms with van der Waals surface area (Å²) in [6.07, 6.45) is 2.20. The molecule has 1 aromatic carbocycles. The average molecular weight is 272 g/mol. The van der Waals surface area contributed by atoms with Crippen LogP contribution >= 0.6 is 11.6 Å². The Morgan fingerprint density at radius 2 is 2.17 bits per heavy atom. The van der Waals surface area contributed by atoms with Gasteiger partial charge in [0.2, 0.25) is 0 Å². The molecule has 4 heteroatoms. The van der Waals surface area contributed by atoms with Crippen LogP contribution in [-0.4, -0.2) is 31.0 Å². The summed E-state index contributed by atoms with van der Waals surface area (Å²) >= 11 is 5.96. The van der Waals surface area contributed by atoms with Crippen LogP contribution in [0.15, 0.2) is 18.2 Å². The molecule has 0 N–H and O–H groups in total. The summed E-state index contributed by atoms with van der Waals surface area (Å²) in [5.41, 5.74) is 0.970. The van der Waals surface area contributed by atoms with Crippen LogP contribution in [0.1, 0.15) is 18.4 Å². The molecule has 1 aliphatic carbocycles. The molecule has 0 heterocycles. The second-order valence-electron chi connectivity index (χ2n) is 5.10. The van der Waals surface area contributed by atoms with Gasteiger partial charge in [-0.3, -0.25) is 0 Å². The van der Waals surface area contributed by atoms with Gasteiger partial charge in [-0.25, -0.2) is 4.39 Å². The van der Waals surface area contributed by atoms with Gasteiger partial charge in [0.05, 0.1) is 7.11 Å². The molecule has 2 nitrogen and oxygen atoms in total. The Balaban J connectivity index is 1.86. The van der Waals surface area contributed by atoms with E-state index in [1.54, 1.807) is 12.1 Å². The van der Waals surface area contributed by atoms with Gasteiger partial charge < -0.3 is 9.64 Å². The molecule has 2 rings (SSSR count). The Morgan fingerprint density at radius 1 is 1.44 bits per heavy atom. The molecular formula is C14H19ClFNO. The van der Waals surface area contributed by atoms with Crippen LogP contribution < -0.4 is 4.74 Å². The van der Waals surface area contributed by atoms with Crippen LogP contribution in [0.4, 0.5) is 4.39 Å². The molecule has 0 aliphatic heterocycles. The summed E-state index contributed by atoms with van der Waals surface area (Å²) in [6.45, 7) is 1.78. The fraction of sp³-hybridized carbons (Fsp3) is 0.571. The number of rotatable bonds is 5. The van der Waals surface area contributed by atoms with E-state index in [1.165, 1.54) is 7.11 Å². The quantitative estimate of drug-likeness (QED) is 0.762. The van der Waals surface area contributed by atoms with Crippen LogP contribution in [0.3, 0.4) is 0 Å². The van der Waals surface area contributed by atoms with E-state index in [2.05, 4.69) is 11.9 Å². The van der Waals surface area contributed by atoms with Crippen LogP contribution in [0.5, 0.6) is 5.75 Å². The van der Waals surface area contributed by atoms with Gasteiger partial charge in [-0.05, 0) is 43.5 Å². The zero-order valence-corrected chi connectivity index (χ0v) is 11.6. The lowest BCUT2D eigenvalue weighted by Crippen LogP contribution is -2.34. The zero-order valence-electron chi connectivity index (χ0n) is 10.8. The van der Waals surface area contributed by atoms with E-state index < -0.39 is 0 Å². The van der Waals surface area contributed by atoms with Crippen LogP contribution in [0.2, 0.25) is 0 Å². The molecular weight excluding hydrogens is 253 g/mol. The summed E-state index contributed by atoms with van der Waals surface area (Å²) in [5, 5.41) is 0.363. The second kappa shape index (κ2) is 5.89. The maximum absolute atomic E-state index is 13.5. The van der Waals surface area contributed by atoms with E-state index in [-0.39, 0.29) is 5.82 Å². The molecule has 1 fully saturated rings. The third-order valence-electron chi connectivity index (χ3n) is 3.42. The fourth-order valence-electron chi connectivity index (χ4n) is 2.43. The van der Waals surface area contributed by atoms with E-state index >= 15 is 0 Å². The lowest BCUT2D eigenvalue weighted by atomic mass is 9.84. The molecule has 0 radical (unpaired) electrons. The fourth-order valence-corrected chi connectivity index (χ4v) is 2.93. The normalized spacial score (nSPS) is 22.9. The molecule has 1 aromatic rings. The third-order valence-corrected chi connectivity index (χ3v) is 3.77. The summed E-state index contributed by atoms with van der Waals surface area (Å²) in [5.74, 6) is 0.693. The van der Waals surface area contributed by atoms with Crippen molar-refractivity contribution in [2.75, 3.05) is 20.7 Å². The predicted octanol–water partition coefficient (Wildman–Crippen LogP) is 3.28. The lowest BCUT2D eigenvalue weighted by Gasteiger charge is -2.34. The highest BCUT2D eigenvalue weighted by Gasteiger charge is 2.27. The Morgan fingerprint density at radius 3 is 2.72 bits per heavy atom. The Hall–Kier alpha value is -0.800. The Labute approximate surface area is 113 Å². The number of hydrogen-bond acceptors (Lipinski definition) is 2. The molecule has 0 amide bonds. The molecule has 1 saturated carbocycles. The van der Waals surface area contributed by atoms with Crippen molar-refractivity contribution in [2.24, 2.45) is 5.92 Å². The number of benzene rings is 1. The largest absolute Gasteiger partial charge is 0.494 e. The number of methoxy groups -OCH3 is 1. The standard InChI is InChI=1S/C14H19ClFNO/c1-17(9-11-5-12(15)6-11)8-10-3-4-14(18-2)13(16)7-10/h3-4,7,11-12H,5-6,8-9H2,1-2H3. The van der Waals surface area contributed by atoms with E-state index in [0.717, 1.165) is 31.5 Å². The molecule has 0 saturated heterocycles. The highest BCUT2D eigenvalue weighted by Crippen LogP contribution is 2.32. The molecule has 0 unspecified atom stereocenters. The summed E-state index contributed by atoms with van der Waals surface area (Å²) in [6, 6.07) is 5.13. The molecule has 0 spiro atoms. The highest BCUT2D eigenvalue weighted by atomic mass is 35.5. The predicted molar refractivity (Wildman–Crippen MR) is 71.7 cm³/mol. The van der Waals surface area contributed by atoms with Gasteiger partial charge in [0.1, 0.15) is 0 Å². The van der Waals surface area contributed by atoms with E-state index in [1.807, 2.05) is 6.07 Å². The smallest absolute Gasteiger partial charge is 0.165 e. The topological polar surface area (TPSA) is 12.5 Å². The molecule has 0 atom stereocenters. The van der Waals surface area contributed by atoms with E-state index in [0.29, 0.717) is 17.0 Å². The highest BCUT2D eigenvalue weighted by molar-refractivity contribution is 6.21. The minimum atomic E-state index is -0.298. The van der Waals surface area contributed by atoms with E-state index in [4.69, 9.17) is 16.3 Å². The number of nitrogens with zero attached hydrogens (tertiary/aromatic N) is 1. The lowest BCUT2D eigenvalue weighted by molar-refractivity contribution is 0.204. The Kier molecular flexibility index (Phi) is 4.46. The van der Waals surface area contributed by atoms with Crippen LogP contribution in [-0.2, 0) is 6.54 Å². The van der Waals surface area contributed by atoms with Gasteiger partial charge in [0.15, 0.2) is 11.6 Å². The van der Waals surface area contributed by atoms with E-state index in [9.17, 15) is 4.39 Å². The molecule has 100 valence electrons. The number of halogens is 2. The van der Waals surface area contributed by atoms with Crippen molar-refractivity contribution in [3.63, 3.8) is 0 Å². The van der Waals surface area contributed by atoms with Gasteiger partial charge >= 0.3 is 0 Å². The maximum Gasteiger partial charge on any atom is 0.165 e. The Bertz CT molecular complexity index is 407. The van der Waals surface area contributed by atoms with Crippen LogP contribution in [0.25, 0.3) is 0 Å². The molecule has 0 aromatic heterocycles. The zero-order chi connectivity index (χ0) is 13.1. The monoisotopic (exact) mass is 271 g/mol. The average Bonchev–Trinajstić information content (AvgIpc) is 2.27. The minimum Gasteiger partial charge on any atom is -0.494 e. The van der Waals surface area contributed by atoms with Gasteiger partial charge in [0, 0.05) is 18.5 Å². The van der Waals surface area contributed by atoms with Crippen molar-refractivity contribution < 1.29 is 9.13 Å². The number of hydrogen-bond donors (Lipinski definition) is 0. The van der Waals surface area contributed by atoms with Gasteiger partial charge in [0.25, 0.3) is 0 Å². The summed E-state index contributed by atoms with van der Waals surface area (Å²) < 4.78 is 18.4. The first-order chi connectivity index (χ1) is 8.58. The first-order valence-electron chi connectivity index (χ1n) is 6.23. The first kappa shape index (κ1) is 13.6. The van der Waals surface area contributed by atoms with Crippen molar-refractivity contribution in [3.8, 4) is 5.75 Å². The molecule has 1 aliphatic rings. The second-order valence-corrected chi connectivity index (χ2v) is 5.72. The van der Waals surface area contributed by atoms with Gasteiger partial charge in [-0.1, -0.05) is 6.07 Å². The minimum absolute atomic E-state index is 0.297. The van der Waals surface area contributed by atoms with Gasteiger partial charge in [-0.2, -0.15) is 0 Å². The summed E-state index contributed by atoms with van der Waals surface area (Å²) in [7, 11) is 3.53. The third kappa shape index (κ3) is 3.36. The van der Waals surface area contributed by atoms with Crippen molar-refractivity contribution >= 4 is 11.6 Å². The molecule has 0 bridgehead atoms. The number of ether oxygens (including phenoxy) is 1. The maximum atomic E-state index is 13.5. The van der Waals surface area contributed by atoms with Crippen molar-refractivity contribution in [3.05, 3.63) is 29.6 Å². The number of alkyl halides is 1. The first-order valence-corrected chi connectivity index (χ1v) is 6.67. The van der Waals surface area contributed by atoms with Crippen molar-refractivity contribution in [1.82, 2.24) is 4.90 Å². The van der Waals surface area contributed by atoms with Crippen molar-refractivity contribution in [1.29, 1.82) is 0 Å².